The van der Waals surface area contributed by atoms with E-state index >= 15 is 0 Å². The Morgan fingerprint density at radius 1 is 1.22 bits per heavy atom. The molecule has 0 amide bonds. The first-order valence-electron chi connectivity index (χ1n) is 6.50. The highest BCUT2D eigenvalue weighted by atomic mass is 35.5. The molecule has 0 aliphatic carbocycles. The third-order valence-corrected chi connectivity index (χ3v) is 5.10. The van der Waals surface area contributed by atoms with Crippen LogP contribution in [0.15, 0.2) is 66.1 Å². The molecule has 0 fully saturated rings. The molecular formula is C15H13ClN2O4S. The molecule has 0 saturated heterocycles. The van der Waals surface area contributed by atoms with Crippen LogP contribution in [0.25, 0.3) is 0 Å². The fourth-order valence-electron chi connectivity index (χ4n) is 2.04. The molecule has 2 rings (SSSR count). The summed E-state index contributed by atoms with van der Waals surface area (Å²) >= 11 is 5.91. The monoisotopic (exact) mass is 352 g/mol. The summed E-state index contributed by atoms with van der Waals surface area (Å²) in [6.07, 6.45) is 1.40. The predicted octanol–water partition coefficient (Wildman–Crippen LogP) is 3.63. The van der Waals surface area contributed by atoms with Crippen molar-refractivity contribution in [3.05, 3.63) is 76.3 Å². The predicted molar refractivity (Wildman–Crippen MR) is 89.3 cm³/mol. The van der Waals surface area contributed by atoms with Gasteiger partial charge in [0, 0.05) is 11.1 Å². The van der Waals surface area contributed by atoms with Crippen molar-refractivity contribution in [3.63, 3.8) is 0 Å². The van der Waals surface area contributed by atoms with Gasteiger partial charge in [0.1, 0.15) is 0 Å². The van der Waals surface area contributed by atoms with Gasteiger partial charge in [0.05, 0.1) is 17.2 Å². The van der Waals surface area contributed by atoms with Crippen molar-refractivity contribution >= 4 is 33.0 Å². The first-order valence-corrected chi connectivity index (χ1v) is 8.32. The lowest BCUT2D eigenvalue weighted by Crippen LogP contribution is -2.31. The van der Waals surface area contributed by atoms with Gasteiger partial charge in [0.15, 0.2) is 4.90 Å². The van der Waals surface area contributed by atoms with E-state index in [-0.39, 0.29) is 11.4 Å². The van der Waals surface area contributed by atoms with Gasteiger partial charge in [0.2, 0.25) is 0 Å². The number of rotatable bonds is 6. The number of hydrogen-bond donors (Lipinski definition) is 0. The van der Waals surface area contributed by atoms with E-state index in [4.69, 9.17) is 11.6 Å². The van der Waals surface area contributed by atoms with Crippen LogP contribution in [0.2, 0.25) is 5.02 Å². The Morgan fingerprint density at radius 2 is 1.91 bits per heavy atom. The van der Waals surface area contributed by atoms with Gasteiger partial charge in [-0.05, 0) is 24.3 Å². The fraction of sp³-hybridized carbons (Fsp3) is 0.0667. The minimum atomic E-state index is -4.15. The summed E-state index contributed by atoms with van der Waals surface area (Å²) in [6, 6.07) is 11.4. The molecule has 2 aromatic carbocycles. The van der Waals surface area contributed by atoms with Gasteiger partial charge in [-0.3, -0.25) is 14.4 Å². The first-order chi connectivity index (χ1) is 10.9. The average molecular weight is 353 g/mol. The minimum absolute atomic E-state index is 0.0469. The molecule has 0 atom stereocenters. The number of para-hydroxylation sites is 1. The number of nitro groups is 1. The van der Waals surface area contributed by atoms with Crippen LogP contribution in [-0.4, -0.2) is 19.9 Å². The van der Waals surface area contributed by atoms with E-state index in [1.165, 1.54) is 30.3 Å². The fourth-order valence-corrected chi connectivity index (χ4v) is 3.81. The van der Waals surface area contributed by atoms with Gasteiger partial charge in [-0.15, -0.1) is 6.58 Å². The number of hydrogen-bond acceptors (Lipinski definition) is 4. The number of sulfonamides is 1. The molecule has 120 valence electrons. The quantitative estimate of drug-likeness (QED) is 0.451. The standard InChI is InChI=1S/C15H13ClN2O4S/c1-2-10-17(13-7-5-6-12(16)11-13)23(21,22)15-9-4-3-8-14(15)18(19)20/h2-9,11H,1,10H2. The number of halogens is 1. The molecule has 23 heavy (non-hydrogen) atoms. The molecule has 0 bridgehead atoms. The van der Waals surface area contributed by atoms with Crippen LogP contribution < -0.4 is 4.31 Å². The van der Waals surface area contributed by atoms with Crippen LogP contribution in [0.1, 0.15) is 0 Å². The zero-order valence-electron chi connectivity index (χ0n) is 11.9. The van der Waals surface area contributed by atoms with E-state index < -0.39 is 20.6 Å². The Kier molecular flexibility index (Phi) is 5.02. The number of anilines is 1. The van der Waals surface area contributed by atoms with Crippen molar-refractivity contribution < 1.29 is 13.3 Å². The second-order valence-electron chi connectivity index (χ2n) is 4.53. The van der Waals surface area contributed by atoms with Crippen molar-refractivity contribution in [2.45, 2.75) is 4.90 Å². The Labute approximate surface area is 138 Å². The second-order valence-corrected chi connectivity index (χ2v) is 6.80. The van der Waals surface area contributed by atoms with E-state index in [0.717, 1.165) is 10.4 Å². The highest BCUT2D eigenvalue weighted by Gasteiger charge is 2.31. The zero-order valence-corrected chi connectivity index (χ0v) is 13.5. The maximum atomic E-state index is 12.9. The smallest absolute Gasteiger partial charge is 0.262 e. The van der Waals surface area contributed by atoms with Crippen molar-refractivity contribution in [3.8, 4) is 0 Å². The summed E-state index contributed by atoms with van der Waals surface area (Å²) in [7, 11) is -4.15. The molecule has 0 saturated carbocycles. The van der Waals surface area contributed by atoms with Crippen molar-refractivity contribution in [2.75, 3.05) is 10.8 Å². The van der Waals surface area contributed by atoms with Gasteiger partial charge in [-0.1, -0.05) is 35.9 Å². The van der Waals surface area contributed by atoms with Crippen LogP contribution in [0.3, 0.4) is 0 Å². The highest BCUT2D eigenvalue weighted by molar-refractivity contribution is 7.93. The largest absolute Gasteiger partial charge is 0.289 e. The number of nitro benzene ring substituents is 1. The molecule has 6 nitrogen and oxygen atoms in total. The second kappa shape index (κ2) is 6.80. The third kappa shape index (κ3) is 3.52. The molecule has 8 heteroatoms. The third-order valence-electron chi connectivity index (χ3n) is 3.02. The Bertz CT molecular complexity index is 852. The van der Waals surface area contributed by atoms with Gasteiger partial charge in [-0.2, -0.15) is 0 Å². The molecular weight excluding hydrogens is 340 g/mol. The van der Waals surface area contributed by atoms with Crippen LogP contribution in [0.5, 0.6) is 0 Å². The van der Waals surface area contributed by atoms with Gasteiger partial charge < -0.3 is 0 Å². The zero-order chi connectivity index (χ0) is 17.0. The maximum Gasteiger partial charge on any atom is 0.289 e. The van der Waals surface area contributed by atoms with Crippen LogP contribution in [-0.2, 0) is 10.0 Å². The lowest BCUT2D eigenvalue weighted by atomic mass is 10.3. The molecule has 2 aromatic rings. The normalized spacial score (nSPS) is 11.0. The highest BCUT2D eigenvalue weighted by Crippen LogP contribution is 2.30. The van der Waals surface area contributed by atoms with Crippen molar-refractivity contribution in [1.82, 2.24) is 0 Å². The van der Waals surface area contributed by atoms with E-state index in [0.29, 0.717) is 10.7 Å². The molecule has 0 aliphatic rings. The average Bonchev–Trinajstić information content (AvgIpc) is 2.52. The molecule has 0 unspecified atom stereocenters. The van der Waals surface area contributed by atoms with Crippen LogP contribution in [0, 0.1) is 10.1 Å². The van der Waals surface area contributed by atoms with Gasteiger partial charge in [0.25, 0.3) is 15.7 Å². The molecule has 0 radical (unpaired) electrons. The molecule has 0 aromatic heterocycles. The topological polar surface area (TPSA) is 80.5 Å². The van der Waals surface area contributed by atoms with E-state index in [9.17, 15) is 18.5 Å². The Morgan fingerprint density at radius 3 is 2.52 bits per heavy atom. The summed E-state index contributed by atoms with van der Waals surface area (Å²) < 4.78 is 26.8. The molecule has 0 aliphatic heterocycles. The number of benzene rings is 2. The first kappa shape index (κ1) is 17.0. The lowest BCUT2D eigenvalue weighted by molar-refractivity contribution is -0.387. The summed E-state index contributed by atoms with van der Waals surface area (Å²) in [4.78, 5) is 10.0. The minimum Gasteiger partial charge on any atom is -0.262 e. The van der Waals surface area contributed by atoms with E-state index in [2.05, 4.69) is 6.58 Å². The van der Waals surface area contributed by atoms with Gasteiger partial charge >= 0.3 is 0 Å². The summed E-state index contributed by atoms with van der Waals surface area (Å²) in [6.45, 7) is 3.49. The van der Waals surface area contributed by atoms with E-state index in [1.54, 1.807) is 18.2 Å². The number of nitrogens with zero attached hydrogens (tertiary/aromatic N) is 2. The van der Waals surface area contributed by atoms with Gasteiger partial charge in [-0.25, -0.2) is 8.42 Å². The Hall–Kier alpha value is -2.38. The van der Waals surface area contributed by atoms with Crippen molar-refractivity contribution in [1.29, 1.82) is 0 Å². The SMILES string of the molecule is C=CCN(c1cccc(Cl)c1)S(=O)(=O)c1ccccc1[N+](=O)[O-]. The van der Waals surface area contributed by atoms with Crippen LogP contribution in [0.4, 0.5) is 11.4 Å². The Balaban J connectivity index is 2.63. The molecule has 0 N–H and O–H groups in total. The summed E-state index contributed by atoms with van der Waals surface area (Å²) in [5, 5.41) is 11.5. The molecule has 0 heterocycles. The summed E-state index contributed by atoms with van der Waals surface area (Å²) in [5.74, 6) is 0. The van der Waals surface area contributed by atoms with E-state index in [1.807, 2.05) is 0 Å². The van der Waals surface area contributed by atoms with Crippen molar-refractivity contribution in [2.24, 2.45) is 0 Å². The summed E-state index contributed by atoms with van der Waals surface area (Å²) in [5.41, 5.74) is -0.181. The molecule has 0 spiro atoms. The lowest BCUT2D eigenvalue weighted by Gasteiger charge is -2.23. The van der Waals surface area contributed by atoms with Crippen LogP contribution >= 0.6 is 11.6 Å². The maximum absolute atomic E-state index is 12.9.